The highest BCUT2D eigenvalue weighted by atomic mass is 16.4. The van der Waals surface area contributed by atoms with Gasteiger partial charge >= 0.3 is 12.0 Å². The Morgan fingerprint density at radius 1 is 1.17 bits per heavy atom. The van der Waals surface area contributed by atoms with Crippen LogP contribution in [0.1, 0.15) is 41.0 Å². The lowest BCUT2D eigenvalue weighted by Crippen LogP contribution is -2.48. The van der Waals surface area contributed by atoms with Crippen LogP contribution in [-0.4, -0.2) is 52.6 Å². The summed E-state index contributed by atoms with van der Waals surface area (Å²) in [6, 6.07) is 0.0640. The fourth-order valence-corrected chi connectivity index (χ4v) is 1.75. The second kappa shape index (κ2) is 7.95. The van der Waals surface area contributed by atoms with Gasteiger partial charge in [-0.25, -0.2) is 4.79 Å². The van der Waals surface area contributed by atoms with Crippen molar-refractivity contribution < 1.29 is 14.7 Å². The van der Waals surface area contributed by atoms with Gasteiger partial charge in [-0.1, -0.05) is 13.8 Å². The number of aliphatic carboxylic acids is 1. The number of carbonyl (C=O) groups is 2. The Hall–Kier alpha value is -1.26. The molecule has 0 aliphatic carbocycles. The van der Waals surface area contributed by atoms with Crippen LogP contribution in [0.4, 0.5) is 4.79 Å². The Labute approximate surface area is 110 Å². The first kappa shape index (κ1) is 16.7. The second-order valence-corrected chi connectivity index (χ2v) is 4.85. The predicted octanol–water partition coefficient (Wildman–Crippen LogP) is 2.27. The molecule has 0 radical (unpaired) electrons. The molecular formula is C13H26N2O3. The third kappa shape index (κ3) is 4.94. The SMILES string of the molecule is CCCN(C(=O)N(CC)CC(C)C(=O)O)C(C)C. The summed E-state index contributed by atoms with van der Waals surface area (Å²) in [5, 5.41) is 8.91. The molecule has 0 aliphatic rings. The van der Waals surface area contributed by atoms with E-state index in [-0.39, 0.29) is 18.6 Å². The van der Waals surface area contributed by atoms with Gasteiger partial charge in [0.05, 0.1) is 5.92 Å². The quantitative estimate of drug-likeness (QED) is 0.762. The summed E-state index contributed by atoms with van der Waals surface area (Å²) in [7, 11) is 0. The van der Waals surface area contributed by atoms with Crippen molar-refractivity contribution in [3.05, 3.63) is 0 Å². The predicted molar refractivity (Wildman–Crippen MR) is 71.6 cm³/mol. The lowest BCUT2D eigenvalue weighted by atomic mass is 10.1. The van der Waals surface area contributed by atoms with Crippen LogP contribution in [0.5, 0.6) is 0 Å². The van der Waals surface area contributed by atoms with E-state index in [9.17, 15) is 9.59 Å². The number of carbonyl (C=O) groups excluding carboxylic acids is 1. The maximum absolute atomic E-state index is 12.3. The molecule has 0 spiro atoms. The molecule has 106 valence electrons. The van der Waals surface area contributed by atoms with E-state index in [1.165, 1.54) is 0 Å². The number of nitrogens with zero attached hydrogens (tertiary/aromatic N) is 2. The first-order valence-electron chi connectivity index (χ1n) is 6.63. The molecule has 2 amide bonds. The topological polar surface area (TPSA) is 60.9 Å². The third-order valence-corrected chi connectivity index (χ3v) is 2.90. The molecule has 0 rings (SSSR count). The highest BCUT2D eigenvalue weighted by molar-refractivity contribution is 5.76. The van der Waals surface area contributed by atoms with Gasteiger partial charge < -0.3 is 14.9 Å². The number of carboxylic acid groups (broad SMARTS) is 1. The molecule has 0 aromatic carbocycles. The number of hydrogen-bond acceptors (Lipinski definition) is 2. The van der Waals surface area contributed by atoms with Gasteiger partial charge in [-0.15, -0.1) is 0 Å². The third-order valence-electron chi connectivity index (χ3n) is 2.90. The van der Waals surface area contributed by atoms with Gasteiger partial charge in [-0.2, -0.15) is 0 Å². The molecule has 0 bridgehead atoms. The summed E-state index contributed by atoms with van der Waals surface area (Å²) in [5.41, 5.74) is 0. The first-order chi connectivity index (χ1) is 8.34. The van der Waals surface area contributed by atoms with E-state index in [0.717, 1.165) is 6.42 Å². The Balaban J connectivity index is 4.71. The van der Waals surface area contributed by atoms with Crippen LogP contribution in [0.25, 0.3) is 0 Å². The fraction of sp³-hybridized carbons (Fsp3) is 0.846. The van der Waals surface area contributed by atoms with Crippen LogP contribution in [0.3, 0.4) is 0 Å². The second-order valence-electron chi connectivity index (χ2n) is 4.85. The summed E-state index contributed by atoms with van der Waals surface area (Å²) >= 11 is 0. The summed E-state index contributed by atoms with van der Waals surface area (Å²) in [4.78, 5) is 26.6. The molecule has 1 N–H and O–H groups in total. The molecule has 5 heteroatoms. The number of hydrogen-bond donors (Lipinski definition) is 1. The zero-order chi connectivity index (χ0) is 14.3. The summed E-state index contributed by atoms with van der Waals surface area (Å²) in [6.45, 7) is 11.0. The van der Waals surface area contributed by atoms with Crippen LogP contribution in [0.15, 0.2) is 0 Å². The minimum Gasteiger partial charge on any atom is -0.481 e. The Morgan fingerprint density at radius 3 is 2.06 bits per heavy atom. The Morgan fingerprint density at radius 2 is 1.72 bits per heavy atom. The number of urea groups is 1. The van der Waals surface area contributed by atoms with Crippen molar-refractivity contribution in [1.29, 1.82) is 0 Å². The molecular weight excluding hydrogens is 232 g/mol. The smallest absolute Gasteiger partial charge is 0.320 e. The molecule has 0 aliphatic heterocycles. The van der Waals surface area contributed by atoms with E-state index in [1.54, 1.807) is 16.7 Å². The van der Waals surface area contributed by atoms with Crippen molar-refractivity contribution in [1.82, 2.24) is 9.80 Å². The molecule has 18 heavy (non-hydrogen) atoms. The minimum atomic E-state index is -0.868. The van der Waals surface area contributed by atoms with Crippen molar-refractivity contribution in [3.8, 4) is 0 Å². The molecule has 0 saturated heterocycles. The maximum Gasteiger partial charge on any atom is 0.320 e. The van der Waals surface area contributed by atoms with Crippen molar-refractivity contribution in [3.63, 3.8) is 0 Å². The standard InChI is InChI=1S/C13H26N2O3/c1-6-8-15(10(3)4)13(18)14(7-2)9-11(5)12(16)17/h10-11H,6-9H2,1-5H3,(H,16,17). The monoisotopic (exact) mass is 258 g/mol. The van der Waals surface area contributed by atoms with Crippen LogP contribution < -0.4 is 0 Å². The van der Waals surface area contributed by atoms with Crippen molar-refractivity contribution in [2.24, 2.45) is 5.92 Å². The average molecular weight is 258 g/mol. The van der Waals surface area contributed by atoms with Crippen LogP contribution in [0, 0.1) is 5.92 Å². The number of carboxylic acids is 1. The molecule has 5 nitrogen and oxygen atoms in total. The summed E-state index contributed by atoms with van der Waals surface area (Å²) < 4.78 is 0. The highest BCUT2D eigenvalue weighted by Crippen LogP contribution is 2.08. The average Bonchev–Trinajstić information content (AvgIpc) is 2.31. The Bertz CT molecular complexity index is 279. The molecule has 0 aromatic rings. The maximum atomic E-state index is 12.3. The van der Waals surface area contributed by atoms with Crippen molar-refractivity contribution >= 4 is 12.0 Å². The molecule has 1 unspecified atom stereocenters. The van der Waals surface area contributed by atoms with Gasteiger partial charge in [0.15, 0.2) is 0 Å². The number of rotatable bonds is 7. The van der Waals surface area contributed by atoms with E-state index in [2.05, 4.69) is 0 Å². The normalized spacial score (nSPS) is 12.3. The van der Waals surface area contributed by atoms with Gasteiger partial charge in [-0.05, 0) is 27.2 Å². The van der Waals surface area contributed by atoms with E-state index in [1.807, 2.05) is 27.7 Å². The van der Waals surface area contributed by atoms with E-state index in [0.29, 0.717) is 13.1 Å². The van der Waals surface area contributed by atoms with E-state index < -0.39 is 11.9 Å². The first-order valence-corrected chi connectivity index (χ1v) is 6.63. The lowest BCUT2D eigenvalue weighted by Gasteiger charge is -2.33. The van der Waals surface area contributed by atoms with Gasteiger partial charge in [0.1, 0.15) is 0 Å². The van der Waals surface area contributed by atoms with E-state index in [4.69, 9.17) is 5.11 Å². The van der Waals surface area contributed by atoms with Crippen LogP contribution >= 0.6 is 0 Å². The minimum absolute atomic E-state index is 0.0672. The lowest BCUT2D eigenvalue weighted by molar-refractivity contribution is -0.141. The van der Waals surface area contributed by atoms with Crippen LogP contribution in [-0.2, 0) is 4.79 Å². The van der Waals surface area contributed by atoms with Crippen molar-refractivity contribution in [2.75, 3.05) is 19.6 Å². The van der Waals surface area contributed by atoms with E-state index >= 15 is 0 Å². The van der Waals surface area contributed by atoms with Crippen molar-refractivity contribution in [2.45, 2.75) is 47.1 Å². The van der Waals surface area contributed by atoms with Gasteiger partial charge in [0, 0.05) is 25.7 Å². The molecule has 1 atom stereocenters. The summed E-state index contributed by atoms with van der Waals surface area (Å²) in [5.74, 6) is -1.41. The van der Waals surface area contributed by atoms with Gasteiger partial charge in [0.2, 0.25) is 0 Å². The van der Waals surface area contributed by atoms with Crippen LogP contribution in [0.2, 0.25) is 0 Å². The zero-order valence-electron chi connectivity index (χ0n) is 12.1. The highest BCUT2D eigenvalue weighted by Gasteiger charge is 2.24. The number of amides is 2. The molecule has 0 aromatic heterocycles. The van der Waals surface area contributed by atoms with Gasteiger partial charge in [0.25, 0.3) is 0 Å². The fourth-order valence-electron chi connectivity index (χ4n) is 1.75. The zero-order valence-corrected chi connectivity index (χ0v) is 12.1. The summed E-state index contributed by atoms with van der Waals surface area (Å²) in [6.07, 6.45) is 0.899. The molecule has 0 heterocycles. The Kier molecular flexibility index (Phi) is 7.39. The largest absolute Gasteiger partial charge is 0.481 e. The van der Waals surface area contributed by atoms with Gasteiger partial charge in [-0.3, -0.25) is 4.79 Å². The molecule has 0 saturated carbocycles. The molecule has 0 fully saturated rings.